The van der Waals surface area contributed by atoms with Gasteiger partial charge in [-0.15, -0.1) is 0 Å². The fourth-order valence-corrected chi connectivity index (χ4v) is 2.15. The molecule has 2 aromatic rings. The average Bonchev–Trinajstić information content (AvgIpc) is 2.84. The maximum absolute atomic E-state index is 14.3. The summed E-state index contributed by atoms with van der Waals surface area (Å²) in [4.78, 5) is 29.2. The fourth-order valence-electron chi connectivity index (χ4n) is 2.15. The molecule has 0 unspecified atom stereocenters. The minimum atomic E-state index is -0.704. The predicted octanol–water partition coefficient (Wildman–Crippen LogP) is 1.89. The first-order valence-corrected chi connectivity index (χ1v) is 6.96. The third kappa shape index (κ3) is 3.08. The third-order valence-electron chi connectivity index (χ3n) is 3.34. The first kappa shape index (κ1) is 15.9. The summed E-state index contributed by atoms with van der Waals surface area (Å²) in [6.07, 6.45) is 1.55. The molecule has 0 atom stereocenters. The average molecular weight is 307 g/mol. The molecule has 0 aliphatic rings. The van der Waals surface area contributed by atoms with E-state index in [-0.39, 0.29) is 24.7 Å². The van der Waals surface area contributed by atoms with Crippen molar-refractivity contribution in [2.75, 3.05) is 13.7 Å². The van der Waals surface area contributed by atoms with Gasteiger partial charge in [0, 0.05) is 18.8 Å². The number of aromatic nitrogens is 2. The Labute approximate surface area is 127 Å². The number of pyridine rings is 1. The summed E-state index contributed by atoms with van der Waals surface area (Å²) in [5.41, 5.74) is 0.116. The number of halogens is 1. The summed E-state index contributed by atoms with van der Waals surface area (Å²) in [6.45, 7) is 3.74. The van der Waals surface area contributed by atoms with Crippen molar-refractivity contribution >= 4 is 17.5 Å². The predicted molar refractivity (Wildman–Crippen MR) is 78.0 cm³/mol. The highest BCUT2D eigenvalue weighted by atomic mass is 19.1. The normalized spacial score (nSPS) is 11.0. The molecule has 0 aliphatic carbocycles. The van der Waals surface area contributed by atoms with Gasteiger partial charge in [-0.25, -0.2) is 4.98 Å². The van der Waals surface area contributed by atoms with Crippen molar-refractivity contribution in [3.63, 3.8) is 0 Å². The summed E-state index contributed by atoms with van der Waals surface area (Å²) in [7, 11) is 1.28. The lowest BCUT2D eigenvalue weighted by molar-refractivity contribution is -0.140. The van der Waals surface area contributed by atoms with Crippen LogP contribution in [0.5, 0.6) is 0 Å². The second-order valence-electron chi connectivity index (χ2n) is 5.10. The van der Waals surface area contributed by atoms with Gasteiger partial charge in [0.1, 0.15) is 5.65 Å². The molecule has 0 radical (unpaired) electrons. The second kappa shape index (κ2) is 6.55. The zero-order chi connectivity index (χ0) is 16.3. The lowest BCUT2D eigenvalue weighted by atomic mass is 10.2. The molecule has 2 aromatic heterocycles. The number of hydrogen-bond acceptors (Lipinski definition) is 4. The topological polar surface area (TPSA) is 63.9 Å². The zero-order valence-electron chi connectivity index (χ0n) is 12.7. The lowest BCUT2D eigenvalue weighted by Gasteiger charge is -2.25. The van der Waals surface area contributed by atoms with E-state index in [0.717, 1.165) is 0 Å². The van der Waals surface area contributed by atoms with Crippen LogP contribution < -0.4 is 0 Å². The molecule has 0 fully saturated rings. The van der Waals surface area contributed by atoms with Gasteiger partial charge in [-0.05, 0) is 26.0 Å². The first-order valence-electron chi connectivity index (χ1n) is 6.96. The summed E-state index contributed by atoms with van der Waals surface area (Å²) in [5, 5.41) is 0. The Morgan fingerprint density at radius 1 is 1.41 bits per heavy atom. The number of carbonyl (C=O) groups is 2. The number of hydrogen-bond donors (Lipinski definition) is 0. The van der Waals surface area contributed by atoms with E-state index in [2.05, 4.69) is 9.72 Å². The molecule has 0 saturated carbocycles. The maximum Gasteiger partial charge on any atom is 0.307 e. The fraction of sp³-hybridized carbons (Fsp3) is 0.400. The van der Waals surface area contributed by atoms with Gasteiger partial charge in [0.25, 0.3) is 5.91 Å². The summed E-state index contributed by atoms with van der Waals surface area (Å²) >= 11 is 0. The molecule has 118 valence electrons. The molecule has 6 nitrogen and oxygen atoms in total. The lowest BCUT2D eigenvalue weighted by Crippen LogP contribution is -2.39. The van der Waals surface area contributed by atoms with E-state index in [4.69, 9.17) is 0 Å². The Hall–Kier alpha value is -2.44. The number of esters is 1. The Morgan fingerprint density at radius 2 is 2.14 bits per heavy atom. The number of methoxy groups -OCH3 is 1. The molecule has 0 aliphatic heterocycles. The van der Waals surface area contributed by atoms with Crippen molar-refractivity contribution in [1.82, 2.24) is 14.3 Å². The smallest absolute Gasteiger partial charge is 0.307 e. The molecule has 0 bridgehead atoms. The largest absolute Gasteiger partial charge is 0.469 e. The highest BCUT2D eigenvalue weighted by Gasteiger charge is 2.26. The molecule has 0 aromatic carbocycles. The Bertz CT molecular complexity index is 696. The van der Waals surface area contributed by atoms with Crippen molar-refractivity contribution in [2.24, 2.45) is 0 Å². The van der Waals surface area contributed by atoms with E-state index in [0.29, 0.717) is 5.65 Å². The monoisotopic (exact) mass is 307 g/mol. The SMILES string of the molecule is COC(=O)CCN(C(=O)c1nc2ccccn2c1F)C(C)C. The second-order valence-corrected chi connectivity index (χ2v) is 5.10. The summed E-state index contributed by atoms with van der Waals surface area (Å²) in [5.74, 6) is -1.67. The minimum absolute atomic E-state index is 0.0510. The van der Waals surface area contributed by atoms with Crippen LogP contribution in [0.4, 0.5) is 4.39 Å². The van der Waals surface area contributed by atoms with E-state index >= 15 is 0 Å². The Morgan fingerprint density at radius 3 is 2.73 bits per heavy atom. The van der Waals surface area contributed by atoms with Crippen molar-refractivity contribution in [1.29, 1.82) is 0 Å². The number of nitrogens with zero attached hydrogens (tertiary/aromatic N) is 3. The van der Waals surface area contributed by atoms with Crippen LogP contribution in [0.1, 0.15) is 30.8 Å². The quantitative estimate of drug-likeness (QED) is 0.791. The van der Waals surface area contributed by atoms with E-state index in [1.54, 1.807) is 32.0 Å². The molecular formula is C15H18FN3O3. The molecule has 2 heterocycles. The van der Waals surface area contributed by atoms with Gasteiger partial charge in [0.05, 0.1) is 13.5 Å². The van der Waals surface area contributed by atoms with E-state index in [1.165, 1.54) is 22.6 Å². The van der Waals surface area contributed by atoms with Crippen LogP contribution >= 0.6 is 0 Å². The number of carbonyl (C=O) groups excluding carboxylic acids is 2. The number of imidazole rings is 1. The van der Waals surface area contributed by atoms with E-state index in [9.17, 15) is 14.0 Å². The van der Waals surface area contributed by atoms with Gasteiger partial charge < -0.3 is 9.64 Å². The zero-order valence-corrected chi connectivity index (χ0v) is 12.7. The van der Waals surface area contributed by atoms with Gasteiger partial charge in [0.2, 0.25) is 5.95 Å². The molecule has 1 amide bonds. The standard InChI is InChI=1S/C15H18FN3O3/c1-10(2)18(9-7-12(20)22-3)15(21)13-14(16)19-8-5-4-6-11(19)17-13/h4-6,8,10H,7,9H2,1-3H3. The number of amides is 1. The summed E-state index contributed by atoms with van der Waals surface area (Å²) < 4.78 is 20.1. The van der Waals surface area contributed by atoms with Crippen LogP contribution in [-0.4, -0.2) is 45.9 Å². The van der Waals surface area contributed by atoms with Gasteiger partial charge >= 0.3 is 5.97 Å². The molecule has 0 spiro atoms. The van der Waals surface area contributed by atoms with E-state index < -0.39 is 17.8 Å². The van der Waals surface area contributed by atoms with Crippen LogP contribution in [0, 0.1) is 5.95 Å². The van der Waals surface area contributed by atoms with Crippen LogP contribution in [0.3, 0.4) is 0 Å². The van der Waals surface area contributed by atoms with Crippen molar-refractivity contribution < 1.29 is 18.7 Å². The molecule has 7 heteroatoms. The first-order chi connectivity index (χ1) is 10.5. The highest BCUT2D eigenvalue weighted by Crippen LogP contribution is 2.15. The Kier molecular flexibility index (Phi) is 4.75. The van der Waals surface area contributed by atoms with Crippen LogP contribution in [-0.2, 0) is 9.53 Å². The van der Waals surface area contributed by atoms with Crippen molar-refractivity contribution in [3.8, 4) is 0 Å². The number of fused-ring (bicyclic) bond motifs is 1. The van der Waals surface area contributed by atoms with Crippen LogP contribution in [0.15, 0.2) is 24.4 Å². The highest BCUT2D eigenvalue weighted by molar-refractivity contribution is 5.93. The maximum atomic E-state index is 14.3. The Balaban J connectivity index is 2.29. The number of ether oxygens (including phenoxy) is 1. The van der Waals surface area contributed by atoms with Gasteiger partial charge in [-0.2, -0.15) is 4.39 Å². The van der Waals surface area contributed by atoms with E-state index in [1.807, 2.05) is 0 Å². The summed E-state index contributed by atoms with van der Waals surface area (Å²) in [6, 6.07) is 4.80. The van der Waals surface area contributed by atoms with Crippen LogP contribution in [0.25, 0.3) is 5.65 Å². The van der Waals surface area contributed by atoms with Gasteiger partial charge in [0.15, 0.2) is 5.69 Å². The molecular weight excluding hydrogens is 289 g/mol. The van der Waals surface area contributed by atoms with Crippen molar-refractivity contribution in [3.05, 3.63) is 36.0 Å². The van der Waals surface area contributed by atoms with Crippen LogP contribution in [0.2, 0.25) is 0 Å². The third-order valence-corrected chi connectivity index (χ3v) is 3.34. The minimum Gasteiger partial charge on any atom is -0.469 e. The molecule has 0 saturated heterocycles. The van der Waals surface area contributed by atoms with Gasteiger partial charge in [-0.3, -0.25) is 14.0 Å². The van der Waals surface area contributed by atoms with Crippen molar-refractivity contribution in [2.45, 2.75) is 26.3 Å². The van der Waals surface area contributed by atoms with Gasteiger partial charge in [-0.1, -0.05) is 6.07 Å². The molecule has 2 rings (SSSR count). The number of rotatable bonds is 5. The molecule has 0 N–H and O–H groups in total. The molecule has 22 heavy (non-hydrogen) atoms.